The second kappa shape index (κ2) is 5.77. The first-order valence-corrected chi connectivity index (χ1v) is 4.45. The van der Waals surface area contributed by atoms with Crippen molar-refractivity contribution in [1.82, 2.24) is 0 Å². The second-order valence-electron chi connectivity index (χ2n) is 3.16. The van der Waals surface area contributed by atoms with Gasteiger partial charge in [0.15, 0.2) is 5.84 Å². The van der Waals surface area contributed by atoms with Gasteiger partial charge in [0.1, 0.15) is 6.61 Å². The van der Waals surface area contributed by atoms with E-state index in [1.807, 2.05) is 0 Å². The third-order valence-corrected chi connectivity index (χ3v) is 2.07. The van der Waals surface area contributed by atoms with Crippen LogP contribution in [0.15, 0.2) is 5.16 Å². The minimum atomic E-state index is 0.118. The van der Waals surface area contributed by atoms with Gasteiger partial charge in [0.2, 0.25) is 0 Å². The summed E-state index contributed by atoms with van der Waals surface area (Å²) in [5.74, 6) is 0.673. The number of rotatable bonds is 4. The molecule has 5 nitrogen and oxygen atoms in total. The average Bonchev–Trinajstić information content (AvgIpc) is 2.19. The van der Waals surface area contributed by atoms with E-state index in [1.54, 1.807) is 0 Å². The molecule has 3 N–H and O–H groups in total. The van der Waals surface area contributed by atoms with E-state index < -0.39 is 0 Å². The minimum absolute atomic E-state index is 0.118. The van der Waals surface area contributed by atoms with Crippen LogP contribution in [0.25, 0.3) is 0 Å². The average molecular weight is 188 g/mol. The zero-order valence-electron chi connectivity index (χ0n) is 7.61. The lowest BCUT2D eigenvalue weighted by Crippen LogP contribution is -2.24. The van der Waals surface area contributed by atoms with Gasteiger partial charge in [0.25, 0.3) is 0 Å². The fraction of sp³-hybridized carbons (Fsp3) is 0.875. The van der Waals surface area contributed by atoms with Crippen LogP contribution in [0.1, 0.15) is 12.8 Å². The van der Waals surface area contributed by atoms with Crippen LogP contribution in [0.3, 0.4) is 0 Å². The first-order valence-electron chi connectivity index (χ1n) is 4.45. The number of amidine groups is 1. The smallest absolute Gasteiger partial charge is 0.165 e. The minimum Gasteiger partial charge on any atom is -0.409 e. The fourth-order valence-electron chi connectivity index (χ4n) is 1.27. The lowest BCUT2D eigenvalue weighted by molar-refractivity contribution is 0.0288. The molecule has 1 aliphatic heterocycles. The van der Waals surface area contributed by atoms with Crippen molar-refractivity contribution in [3.05, 3.63) is 0 Å². The van der Waals surface area contributed by atoms with Crippen LogP contribution in [0.4, 0.5) is 0 Å². The molecule has 0 aliphatic carbocycles. The molecular formula is C8H16N2O3. The van der Waals surface area contributed by atoms with Gasteiger partial charge in [-0.3, -0.25) is 0 Å². The molecule has 1 rings (SSSR count). The van der Waals surface area contributed by atoms with Crippen LogP contribution in [0.5, 0.6) is 0 Å². The van der Waals surface area contributed by atoms with Crippen LogP contribution in [0.2, 0.25) is 0 Å². The number of nitrogens with two attached hydrogens (primary N) is 1. The van der Waals surface area contributed by atoms with E-state index in [4.69, 9.17) is 20.4 Å². The van der Waals surface area contributed by atoms with Gasteiger partial charge in [-0.1, -0.05) is 5.16 Å². The van der Waals surface area contributed by atoms with Gasteiger partial charge >= 0.3 is 0 Å². The van der Waals surface area contributed by atoms with Crippen LogP contribution in [0, 0.1) is 5.92 Å². The Kier molecular flexibility index (Phi) is 4.56. The highest BCUT2D eigenvalue weighted by atomic mass is 16.5. The Morgan fingerprint density at radius 2 is 2.23 bits per heavy atom. The topological polar surface area (TPSA) is 77.1 Å². The van der Waals surface area contributed by atoms with Gasteiger partial charge in [0.05, 0.1) is 6.61 Å². The van der Waals surface area contributed by atoms with Crippen molar-refractivity contribution < 1.29 is 14.7 Å². The molecule has 1 fully saturated rings. The number of hydrogen-bond acceptors (Lipinski definition) is 4. The van der Waals surface area contributed by atoms with Crippen molar-refractivity contribution in [2.24, 2.45) is 16.8 Å². The summed E-state index contributed by atoms with van der Waals surface area (Å²) >= 11 is 0. The summed E-state index contributed by atoms with van der Waals surface area (Å²) in [6.45, 7) is 2.50. The quantitative estimate of drug-likeness (QED) is 0.285. The third kappa shape index (κ3) is 4.10. The molecular weight excluding hydrogens is 172 g/mol. The largest absolute Gasteiger partial charge is 0.409 e. The highest BCUT2D eigenvalue weighted by Crippen LogP contribution is 2.14. The molecule has 0 amide bonds. The predicted octanol–water partition coefficient (Wildman–Crippen LogP) is 0.176. The summed E-state index contributed by atoms with van der Waals surface area (Å²) in [6.07, 6.45) is 2.08. The summed E-state index contributed by atoms with van der Waals surface area (Å²) in [7, 11) is 0. The zero-order chi connectivity index (χ0) is 9.52. The van der Waals surface area contributed by atoms with E-state index in [-0.39, 0.29) is 12.4 Å². The molecule has 0 radical (unpaired) electrons. The molecule has 0 atom stereocenters. The van der Waals surface area contributed by atoms with Crippen LogP contribution in [-0.4, -0.2) is 37.5 Å². The molecule has 76 valence electrons. The maximum atomic E-state index is 8.23. The summed E-state index contributed by atoms with van der Waals surface area (Å²) in [6, 6.07) is 0. The Labute approximate surface area is 77.5 Å². The van der Waals surface area contributed by atoms with Crippen molar-refractivity contribution in [1.29, 1.82) is 0 Å². The number of nitrogens with zero attached hydrogens (tertiary/aromatic N) is 1. The van der Waals surface area contributed by atoms with Crippen LogP contribution < -0.4 is 5.73 Å². The Morgan fingerprint density at radius 1 is 1.54 bits per heavy atom. The van der Waals surface area contributed by atoms with E-state index in [9.17, 15) is 0 Å². The third-order valence-electron chi connectivity index (χ3n) is 2.07. The lowest BCUT2D eigenvalue weighted by atomic mass is 10.0. The Bertz CT molecular complexity index is 167. The van der Waals surface area contributed by atoms with Crippen molar-refractivity contribution in [3.8, 4) is 0 Å². The zero-order valence-corrected chi connectivity index (χ0v) is 7.61. The maximum absolute atomic E-state index is 8.23. The number of ether oxygens (including phenoxy) is 2. The van der Waals surface area contributed by atoms with Gasteiger partial charge < -0.3 is 20.4 Å². The highest BCUT2D eigenvalue weighted by molar-refractivity contribution is 5.80. The molecule has 0 saturated carbocycles. The summed E-state index contributed by atoms with van der Waals surface area (Å²) < 4.78 is 10.5. The summed E-state index contributed by atoms with van der Waals surface area (Å²) in [5, 5.41) is 11.1. The maximum Gasteiger partial charge on any atom is 0.165 e. The molecule has 1 saturated heterocycles. The first-order chi connectivity index (χ1) is 6.33. The molecule has 0 spiro atoms. The van der Waals surface area contributed by atoms with Gasteiger partial charge in [-0.2, -0.15) is 0 Å². The SMILES string of the molecule is NC(COCC1CCOCC1)=NO. The lowest BCUT2D eigenvalue weighted by Gasteiger charge is -2.21. The predicted molar refractivity (Wildman–Crippen MR) is 47.8 cm³/mol. The standard InChI is InChI=1S/C8H16N2O3/c9-8(10-11)6-13-5-7-1-3-12-4-2-7/h7,11H,1-6H2,(H2,9,10). The molecule has 5 heteroatoms. The van der Waals surface area contributed by atoms with Crippen LogP contribution >= 0.6 is 0 Å². The monoisotopic (exact) mass is 188 g/mol. The molecule has 13 heavy (non-hydrogen) atoms. The van der Waals surface area contributed by atoms with E-state index in [0.717, 1.165) is 26.1 Å². The highest BCUT2D eigenvalue weighted by Gasteiger charge is 2.13. The van der Waals surface area contributed by atoms with E-state index in [1.165, 1.54) is 0 Å². The molecule has 0 bridgehead atoms. The van der Waals surface area contributed by atoms with Crippen molar-refractivity contribution in [2.75, 3.05) is 26.4 Å². The van der Waals surface area contributed by atoms with Crippen LogP contribution in [-0.2, 0) is 9.47 Å². The Hall–Kier alpha value is -0.810. The molecule has 0 unspecified atom stereocenters. The molecule has 0 aromatic rings. The van der Waals surface area contributed by atoms with E-state index in [2.05, 4.69) is 5.16 Å². The summed E-state index contributed by atoms with van der Waals surface area (Å²) in [5.41, 5.74) is 5.24. The molecule has 1 aliphatic rings. The normalized spacial score (nSPS) is 20.5. The molecule has 0 aromatic carbocycles. The van der Waals surface area contributed by atoms with E-state index >= 15 is 0 Å². The second-order valence-corrected chi connectivity index (χ2v) is 3.16. The van der Waals surface area contributed by atoms with Gasteiger partial charge in [-0.15, -0.1) is 0 Å². The Morgan fingerprint density at radius 3 is 2.85 bits per heavy atom. The first kappa shape index (κ1) is 10.3. The number of oxime groups is 1. The fourth-order valence-corrected chi connectivity index (χ4v) is 1.27. The van der Waals surface area contributed by atoms with Gasteiger partial charge in [0, 0.05) is 13.2 Å². The summed E-state index contributed by atoms with van der Waals surface area (Å²) in [4.78, 5) is 0. The van der Waals surface area contributed by atoms with Crippen molar-refractivity contribution in [2.45, 2.75) is 12.8 Å². The molecule has 1 heterocycles. The Balaban J connectivity index is 2.04. The molecule has 0 aromatic heterocycles. The number of hydrogen-bond donors (Lipinski definition) is 2. The van der Waals surface area contributed by atoms with E-state index in [0.29, 0.717) is 12.5 Å². The van der Waals surface area contributed by atoms with Gasteiger partial charge in [-0.25, -0.2) is 0 Å². The van der Waals surface area contributed by atoms with Crippen molar-refractivity contribution in [3.63, 3.8) is 0 Å². The van der Waals surface area contributed by atoms with Gasteiger partial charge in [-0.05, 0) is 18.8 Å². The van der Waals surface area contributed by atoms with Crippen molar-refractivity contribution >= 4 is 5.84 Å².